The van der Waals surface area contributed by atoms with Crippen molar-refractivity contribution in [1.29, 1.82) is 0 Å². The van der Waals surface area contributed by atoms with Crippen LogP contribution in [-0.2, 0) is 6.54 Å². The van der Waals surface area contributed by atoms with Crippen LogP contribution < -0.4 is 15.2 Å². The Morgan fingerprint density at radius 2 is 1.89 bits per heavy atom. The fourth-order valence-electron chi connectivity index (χ4n) is 1.69. The molecule has 2 N–H and O–H groups in total. The lowest BCUT2D eigenvalue weighted by Crippen LogP contribution is -1.97. The van der Waals surface area contributed by atoms with E-state index in [0.717, 1.165) is 32.8 Å². The number of hydrogen-bond donors (Lipinski definition) is 1. The molecular weight excluding hydrogens is 306 g/mol. The van der Waals surface area contributed by atoms with Gasteiger partial charge in [0.25, 0.3) is 0 Å². The molecule has 0 radical (unpaired) electrons. The van der Waals surface area contributed by atoms with Gasteiger partial charge in [0.1, 0.15) is 17.2 Å². The van der Waals surface area contributed by atoms with E-state index in [1.54, 1.807) is 7.11 Å². The number of methoxy groups -OCH3 is 1. The summed E-state index contributed by atoms with van der Waals surface area (Å²) in [5.41, 5.74) is 7.76. The third kappa shape index (κ3) is 3.28. The predicted octanol–water partition coefficient (Wildman–Crippen LogP) is 4.02. The smallest absolute Gasteiger partial charge is 0.141 e. The molecule has 0 aliphatic rings. The summed E-state index contributed by atoms with van der Waals surface area (Å²) >= 11 is 3.48. The molecule has 4 heteroatoms. The second-order valence-corrected chi connectivity index (χ2v) is 5.06. The van der Waals surface area contributed by atoms with Gasteiger partial charge < -0.3 is 15.2 Å². The molecule has 3 nitrogen and oxygen atoms in total. The lowest BCUT2D eigenvalue weighted by Gasteiger charge is -2.12. The molecule has 0 amide bonds. The predicted molar refractivity (Wildman–Crippen MR) is 79.8 cm³/mol. The molecule has 0 aliphatic heterocycles. The van der Waals surface area contributed by atoms with Crippen molar-refractivity contribution < 1.29 is 9.47 Å². The van der Waals surface area contributed by atoms with Gasteiger partial charge in [-0.25, -0.2) is 0 Å². The van der Waals surface area contributed by atoms with Crippen LogP contribution in [0.3, 0.4) is 0 Å². The first-order valence-electron chi connectivity index (χ1n) is 5.95. The van der Waals surface area contributed by atoms with Crippen molar-refractivity contribution in [2.24, 2.45) is 5.73 Å². The molecule has 0 spiro atoms. The molecule has 0 aliphatic carbocycles. The van der Waals surface area contributed by atoms with Crippen LogP contribution in [0.25, 0.3) is 0 Å². The molecule has 0 unspecified atom stereocenters. The lowest BCUT2D eigenvalue weighted by atomic mass is 10.1. The van der Waals surface area contributed by atoms with E-state index < -0.39 is 0 Å². The van der Waals surface area contributed by atoms with E-state index >= 15 is 0 Å². The van der Waals surface area contributed by atoms with E-state index in [1.165, 1.54) is 0 Å². The van der Waals surface area contributed by atoms with Gasteiger partial charge in [-0.3, -0.25) is 0 Å². The highest BCUT2D eigenvalue weighted by Gasteiger charge is 2.07. The summed E-state index contributed by atoms with van der Waals surface area (Å²) in [6, 6.07) is 11.6. The van der Waals surface area contributed by atoms with Gasteiger partial charge in [-0.1, -0.05) is 12.1 Å². The van der Waals surface area contributed by atoms with Crippen LogP contribution >= 0.6 is 15.9 Å². The van der Waals surface area contributed by atoms with E-state index in [-0.39, 0.29) is 0 Å². The molecule has 0 aromatic heterocycles. The maximum atomic E-state index is 5.92. The summed E-state index contributed by atoms with van der Waals surface area (Å²) in [5.74, 6) is 2.35. The van der Waals surface area contributed by atoms with Crippen molar-refractivity contribution in [1.82, 2.24) is 0 Å². The van der Waals surface area contributed by atoms with Crippen LogP contribution in [0.1, 0.15) is 11.1 Å². The SMILES string of the molecule is COc1ccc(Oc2cc(CN)ccc2C)c(Br)c1. The van der Waals surface area contributed by atoms with E-state index in [4.69, 9.17) is 15.2 Å². The quantitative estimate of drug-likeness (QED) is 0.925. The largest absolute Gasteiger partial charge is 0.497 e. The zero-order valence-electron chi connectivity index (χ0n) is 10.9. The number of benzene rings is 2. The molecule has 0 saturated heterocycles. The van der Waals surface area contributed by atoms with Crippen LogP contribution in [0.15, 0.2) is 40.9 Å². The van der Waals surface area contributed by atoms with Gasteiger partial charge in [-0.15, -0.1) is 0 Å². The standard InChI is InChI=1S/C15H16BrNO2/c1-10-3-4-11(9-17)7-15(10)19-14-6-5-12(18-2)8-13(14)16/h3-8H,9,17H2,1-2H3. The summed E-state index contributed by atoms with van der Waals surface area (Å²) in [6.45, 7) is 2.51. The first-order valence-corrected chi connectivity index (χ1v) is 6.74. The molecular formula is C15H16BrNO2. The van der Waals surface area contributed by atoms with E-state index in [1.807, 2.05) is 43.3 Å². The van der Waals surface area contributed by atoms with Gasteiger partial charge in [-0.05, 0) is 58.2 Å². The summed E-state index contributed by atoms with van der Waals surface area (Å²) in [6.07, 6.45) is 0. The fourth-order valence-corrected chi connectivity index (χ4v) is 2.13. The summed E-state index contributed by atoms with van der Waals surface area (Å²) in [7, 11) is 1.64. The number of halogens is 1. The molecule has 0 saturated carbocycles. The highest BCUT2D eigenvalue weighted by molar-refractivity contribution is 9.10. The Morgan fingerprint density at radius 3 is 2.53 bits per heavy atom. The van der Waals surface area contributed by atoms with Crippen molar-refractivity contribution in [3.8, 4) is 17.2 Å². The van der Waals surface area contributed by atoms with Crippen molar-refractivity contribution >= 4 is 15.9 Å². The van der Waals surface area contributed by atoms with E-state index in [9.17, 15) is 0 Å². The minimum absolute atomic E-state index is 0.500. The van der Waals surface area contributed by atoms with E-state index in [2.05, 4.69) is 15.9 Å². The normalized spacial score (nSPS) is 10.3. The van der Waals surface area contributed by atoms with Gasteiger partial charge >= 0.3 is 0 Å². The average molecular weight is 322 g/mol. The second kappa shape index (κ2) is 6.08. The molecule has 2 rings (SSSR count). The van der Waals surface area contributed by atoms with Crippen LogP contribution in [0.5, 0.6) is 17.2 Å². The van der Waals surface area contributed by atoms with Crippen molar-refractivity contribution in [3.05, 3.63) is 52.0 Å². The summed E-state index contributed by atoms with van der Waals surface area (Å²) in [5, 5.41) is 0. The highest BCUT2D eigenvalue weighted by atomic mass is 79.9. The first-order chi connectivity index (χ1) is 9.13. The van der Waals surface area contributed by atoms with Crippen molar-refractivity contribution in [2.45, 2.75) is 13.5 Å². The number of nitrogens with two attached hydrogens (primary N) is 1. The topological polar surface area (TPSA) is 44.5 Å². The third-order valence-electron chi connectivity index (χ3n) is 2.85. The highest BCUT2D eigenvalue weighted by Crippen LogP contribution is 2.34. The molecule has 100 valence electrons. The summed E-state index contributed by atoms with van der Waals surface area (Å²) in [4.78, 5) is 0. The zero-order chi connectivity index (χ0) is 13.8. The van der Waals surface area contributed by atoms with Crippen LogP contribution in [-0.4, -0.2) is 7.11 Å². The maximum Gasteiger partial charge on any atom is 0.141 e. The monoisotopic (exact) mass is 321 g/mol. The minimum atomic E-state index is 0.500. The molecule has 0 heterocycles. The Kier molecular flexibility index (Phi) is 4.45. The third-order valence-corrected chi connectivity index (χ3v) is 3.47. The maximum absolute atomic E-state index is 5.92. The Balaban J connectivity index is 2.30. The van der Waals surface area contributed by atoms with Crippen LogP contribution in [0, 0.1) is 6.92 Å². The van der Waals surface area contributed by atoms with Gasteiger partial charge in [0.05, 0.1) is 11.6 Å². The Hall–Kier alpha value is -1.52. The number of rotatable bonds is 4. The van der Waals surface area contributed by atoms with Crippen LogP contribution in [0.4, 0.5) is 0 Å². The van der Waals surface area contributed by atoms with Crippen molar-refractivity contribution in [3.63, 3.8) is 0 Å². The van der Waals surface area contributed by atoms with Gasteiger partial charge in [0.15, 0.2) is 0 Å². The molecule has 0 bridgehead atoms. The van der Waals surface area contributed by atoms with E-state index in [0.29, 0.717) is 6.54 Å². The average Bonchev–Trinajstić information content (AvgIpc) is 2.43. The number of hydrogen-bond acceptors (Lipinski definition) is 3. The van der Waals surface area contributed by atoms with Gasteiger partial charge in [-0.2, -0.15) is 0 Å². The lowest BCUT2D eigenvalue weighted by molar-refractivity contribution is 0.412. The molecule has 19 heavy (non-hydrogen) atoms. The Labute approximate surface area is 121 Å². The zero-order valence-corrected chi connectivity index (χ0v) is 12.5. The molecule has 0 fully saturated rings. The summed E-state index contributed by atoms with van der Waals surface area (Å²) < 4.78 is 11.9. The Morgan fingerprint density at radius 1 is 1.11 bits per heavy atom. The Bertz CT molecular complexity index is 584. The minimum Gasteiger partial charge on any atom is -0.497 e. The fraction of sp³-hybridized carbons (Fsp3) is 0.200. The van der Waals surface area contributed by atoms with Crippen molar-refractivity contribution in [2.75, 3.05) is 7.11 Å². The first kappa shape index (κ1) is 13.9. The second-order valence-electron chi connectivity index (χ2n) is 4.20. The molecule has 0 atom stereocenters. The van der Waals surface area contributed by atoms with Crippen LogP contribution in [0.2, 0.25) is 0 Å². The molecule has 2 aromatic rings. The number of aryl methyl sites for hydroxylation is 1. The van der Waals surface area contributed by atoms with Gasteiger partial charge in [0, 0.05) is 6.54 Å². The number of ether oxygens (including phenoxy) is 2. The molecule has 2 aromatic carbocycles. The van der Waals surface area contributed by atoms with Gasteiger partial charge in [0.2, 0.25) is 0 Å².